The van der Waals surface area contributed by atoms with E-state index in [4.69, 9.17) is 21.3 Å². The number of rotatable bonds is 10. The van der Waals surface area contributed by atoms with Crippen LogP contribution in [0.15, 0.2) is 72.8 Å². The molecule has 1 heterocycles. The van der Waals surface area contributed by atoms with Gasteiger partial charge in [0.05, 0.1) is 24.2 Å². The van der Waals surface area contributed by atoms with Gasteiger partial charge in [-0.25, -0.2) is 4.98 Å². The van der Waals surface area contributed by atoms with Crippen molar-refractivity contribution in [1.29, 1.82) is 0 Å². The Morgan fingerprint density at radius 1 is 1.00 bits per heavy atom. The number of halogens is 1. The number of amides is 1. The zero-order valence-corrected chi connectivity index (χ0v) is 20.4. The summed E-state index contributed by atoms with van der Waals surface area (Å²) in [6.45, 7) is 6.19. The van der Waals surface area contributed by atoms with E-state index < -0.39 is 0 Å². The molecule has 0 saturated heterocycles. The van der Waals surface area contributed by atoms with E-state index in [2.05, 4.69) is 41.9 Å². The molecular weight excluding hydrogens is 446 g/mol. The number of imidazole rings is 1. The fourth-order valence-electron chi connectivity index (χ4n) is 4.02. The molecule has 0 aliphatic carbocycles. The third-order valence-electron chi connectivity index (χ3n) is 5.82. The number of nitrogens with one attached hydrogen (secondary N) is 1. The average molecular weight is 476 g/mol. The van der Waals surface area contributed by atoms with Crippen molar-refractivity contribution >= 4 is 28.5 Å². The van der Waals surface area contributed by atoms with Crippen LogP contribution in [-0.2, 0) is 13.1 Å². The fourth-order valence-corrected chi connectivity index (χ4v) is 4.14. The average Bonchev–Trinajstić information content (AvgIpc) is 3.20. The van der Waals surface area contributed by atoms with Gasteiger partial charge in [0, 0.05) is 17.1 Å². The summed E-state index contributed by atoms with van der Waals surface area (Å²) in [5.41, 5.74) is 3.82. The van der Waals surface area contributed by atoms with E-state index in [1.54, 1.807) is 24.3 Å². The van der Waals surface area contributed by atoms with Crippen molar-refractivity contribution in [1.82, 2.24) is 14.9 Å². The highest BCUT2D eigenvalue weighted by atomic mass is 35.5. The van der Waals surface area contributed by atoms with Crippen LogP contribution < -0.4 is 10.1 Å². The van der Waals surface area contributed by atoms with E-state index in [0.29, 0.717) is 29.7 Å². The van der Waals surface area contributed by atoms with Gasteiger partial charge >= 0.3 is 0 Å². The Hall–Kier alpha value is -3.31. The van der Waals surface area contributed by atoms with Crippen molar-refractivity contribution in [3.63, 3.8) is 0 Å². The molecule has 0 aliphatic rings. The molecule has 1 N–H and O–H groups in total. The van der Waals surface area contributed by atoms with E-state index in [1.165, 1.54) is 5.56 Å². The van der Waals surface area contributed by atoms with Crippen LogP contribution in [0.5, 0.6) is 5.75 Å². The second-order valence-corrected chi connectivity index (χ2v) is 9.04. The van der Waals surface area contributed by atoms with Crippen LogP contribution in [0, 0.1) is 0 Å². The van der Waals surface area contributed by atoms with Gasteiger partial charge in [0.2, 0.25) is 0 Å². The number of ether oxygens (including phenoxy) is 1. The van der Waals surface area contributed by atoms with Crippen molar-refractivity contribution in [3.05, 3.63) is 94.8 Å². The Kier molecular flexibility index (Phi) is 7.86. The SMILES string of the molecule is CC(C)c1ccccc1OCCCCn1c(CNC(=O)c2ccc(Cl)cc2)nc2ccccc21. The lowest BCUT2D eigenvalue weighted by atomic mass is 10.0. The highest BCUT2D eigenvalue weighted by molar-refractivity contribution is 6.30. The van der Waals surface area contributed by atoms with Gasteiger partial charge in [0.1, 0.15) is 11.6 Å². The van der Waals surface area contributed by atoms with E-state index in [0.717, 1.165) is 42.0 Å². The third kappa shape index (κ3) is 5.78. The maximum Gasteiger partial charge on any atom is 0.251 e. The number of benzene rings is 3. The van der Waals surface area contributed by atoms with Gasteiger partial charge < -0.3 is 14.6 Å². The molecule has 0 saturated carbocycles. The molecule has 0 aliphatic heterocycles. The van der Waals surface area contributed by atoms with Gasteiger partial charge in [0.15, 0.2) is 0 Å². The predicted molar refractivity (Wildman–Crippen MR) is 138 cm³/mol. The van der Waals surface area contributed by atoms with E-state index in [9.17, 15) is 4.79 Å². The van der Waals surface area contributed by atoms with Crippen LogP contribution in [0.2, 0.25) is 5.02 Å². The lowest BCUT2D eigenvalue weighted by Gasteiger charge is -2.14. The summed E-state index contributed by atoms with van der Waals surface area (Å²) >= 11 is 5.93. The summed E-state index contributed by atoms with van der Waals surface area (Å²) in [6.07, 6.45) is 1.87. The topological polar surface area (TPSA) is 56.1 Å². The fraction of sp³-hybridized carbons (Fsp3) is 0.286. The standard InChI is InChI=1S/C28H30ClN3O2/c1-20(2)23-9-3-6-12-26(23)34-18-8-7-17-32-25-11-5-4-10-24(25)31-27(32)19-30-28(33)21-13-15-22(29)16-14-21/h3-6,9-16,20H,7-8,17-19H2,1-2H3,(H,30,33). The van der Waals surface area contributed by atoms with Crippen molar-refractivity contribution in [2.75, 3.05) is 6.61 Å². The molecule has 5 nitrogen and oxygen atoms in total. The minimum Gasteiger partial charge on any atom is -0.493 e. The maximum atomic E-state index is 12.6. The number of aromatic nitrogens is 2. The van der Waals surface area contributed by atoms with Crippen LogP contribution in [0.25, 0.3) is 11.0 Å². The van der Waals surface area contributed by atoms with Crippen LogP contribution in [-0.4, -0.2) is 22.1 Å². The van der Waals surface area contributed by atoms with E-state index in [-0.39, 0.29) is 5.91 Å². The monoisotopic (exact) mass is 475 g/mol. The van der Waals surface area contributed by atoms with Crippen LogP contribution in [0.1, 0.15) is 54.4 Å². The maximum absolute atomic E-state index is 12.6. The molecule has 1 amide bonds. The summed E-state index contributed by atoms with van der Waals surface area (Å²) < 4.78 is 8.27. The van der Waals surface area contributed by atoms with Gasteiger partial charge in [0.25, 0.3) is 5.91 Å². The number of carbonyl (C=O) groups excluding carboxylic acids is 1. The zero-order valence-electron chi connectivity index (χ0n) is 19.6. The molecule has 4 rings (SSSR count). The predicted octanol–water partition coefficient (Wildman–Crippen LogP) is 6.60. The van der Waals surface area contributed by atoms with Crippen molar-refractivity contribution in [2.45, 2.75) is 45.7 Å². The molecule has 34 heavy (non-hydrogen) atoms. The second kappa shape index (κ2) is 11.2. The number of hydrogen-bond acceptors (Lipinski definition) is 3. The Morgan fingerprint density at radius 3 is 2.53 bits per heavy atom. The minimum absolute atomic E-state index is 0.146. The number of hydrogen-bond donors (Lipinski definition) is 1. The van der Waals surface area contributed by atoms with E-state index >= 15 is 0 Å². The zero-order chi connectivity index (χ0) is 23.9. The summed E-state index contributed by atoms with van der Waals surface area (Å²) in [5, 5.41) is 3.59. The number of fused-ring (bicyclic) bond motifs is 1. The minimum atomic E-state index is -0.146. The second-order valence-electron chi connectivity index (χ2n) is 8.61. The van der Waals surface area contributed by atoms with Crippen LogP contribution in [0.4, 0.5) is 0 Å². The first-order chi connectivity index (χ1) is 16.5. The van der Waals surface area contributed by atoms with Crippen molar-refractivity contribution < 1.29 is 9.53 Å². The largest absolute Gasteiger partial charge is 0.493 e. The summed E-state index contributed by atoms with van der Waals surface area (Å²) in [6, 6.07) is 23.2. The molecule has 0 bridgehead atoms. The number of nitrogens with zero attached hydrogens (tertiary/aromatic N) is 2. The highest BCUT2D eigenvalue weighted by Gasteiger charge is 2.13. The highest BCUT2D eigenvalue weighted by Crippen LogP contribution is 2.26. The Labute approximate surface area is 205 Å². The third-order valence-corrected chi connectivity index (χ3v) is 6.07. The Morgan fingerprint density at radius 2 is 1.74 bits per heavy atom. The number of para-hydroxylation sites is 3. The van der Waals surface area contributed by atoms with E-state index in [1.807, 2.05) is 30.3 Å². The molecular formula is C28H30ClN3O2. The Balaban J connectivity index is 1.37. The van der Waals surface area contributed by atoms with Crippen LogP contribution in [0.3, 0.4) is 0 Å². The van der Waals surface area contributed by atoms with Gasteiger partial charge in [-0.3, -0.25) is 4.79 Å². The van der Waals surface area contributed by atoms with Gasteiger partial charge in [-0.1, -0.05) is 55.8 Å². The molecule has 6 heteroatoms. The van der Waals surface area contributed by atoms with Gasteiger partial charge in [-0.2, -0.15) is 0 Å². The van der Waals surface area contributed by atoms with Gasteiger partial charge in [-0.05, 0) is 66.8 Å². The quantitative estimate of drug-likeness (QED) is 0.263. The van der Waals surface area contributed by atoms with Crippen LogP contribution >= 0.6 is 11.6 Å². The summed E-state index contributed by atoms with van der Waals surface area (Å²) in [4.78, 5) is 17.3. The molecule has 4 aromatic rings. The molecule has 0 spiro atoms. The molecule has 3 aromatic carbocycles. The summed E-state index contributed by atoms with van der Waals surface area (Å²) in [7, 11) is 0. The first kappa shape index (κ1) is 23.8. The van der Waals surface area contributed by atoms with Gasteiger partial charge in [-0.15, -0.1) is 0 Å². The first-order valence-electron chi connectivity index (χ1n) is 11.7. The Bertz CT molecular complexity index is 1250. The number of unbranched alkanes of at least 4 members (excludes halogenated alkanes) is 1. The van der Waals surface area contributed by atoms with Crippen molar-refractivity contribution in [2.24, 2.45) is 0 Å². The molecule has 0 unspecified atom stereocenters. The smallest absolute Gasteiger partial charge is 0.251 e. The number of carbonyl (C=O) groups is 1. The molecule has 0 fully saturated rings. The lowest BCUT2D eigenvalue weighted by Crippen LogP contribution is -2.24. The summed E-state index contributed by atoms with van der Waals surface area (Å²) in [5.74, 6) is 2.09. The first-order valence-corrected chi connectivity index (χ1v) is 12.1. The normalized spacial score (nSPS) is 11.2. The molecule has 0 radical (unpaired) electrons. The van der Waals surface area contributed by atoms with Crippen molar-refractivity contribution in [3.8, 4) is 5.75 Å². The lowest BCUT2D eigenvalue weighted by molar-refractivity contribution is 0.0949. The molecule has 1 aromatic heterocycles. The molecule has 0 atom stereocenters. The molecule has 176 valence electrons. The number of aryl methyl sites for hydroxylation is 1.